The first-order valence-corrected chi connectivity index (χ1v) is 9.53. The summed E-state index contributed by atoms with van der Waals surface area (Å²) in [7, 11) is 0. The van der Waals surface area contributed by atoms with E-state index in [9.17, 15) is 8.78 Å². The first-order chi connectivity index (χ1) is 13.3. The second-order valence-corrected chi connectivity index (χ2v) is 7.35. The molecule has 6 heteroatoms. The van der Waals surface area contributed by atoms with Crippen molar-refractivity contribution in [2.24, 2.45) is 5.73 Å². The second-order valence-electron chi connectivity index (χ2n) is 7.35. The summed E-state index contributed by atoms with van der Waals surface area (Å²) in [6.45, 7) is 6.58. The van der Waals surface area contributed by atoms with Crippen LogP contribution in [-0.4, -0.2) is 12.8 Å². The molecule has 0 amide bonds. The minimum Gasteiger partial charge on any atom is -0.402 e. The molecule has 1 aromatic rings. The van der Waals surface area contributed by atoms with E-state index in [0.717, 1.165) is 34.4 Å². The van der Waals surface area contributed by atoms with E-state index in [1.54, 1.807) is 18.3 Å². The Morgan fingerprint density at radius 2 is 2.11 bits per heavy atom. The standard InChI is InChI=1S/C22H30F2N4/c1-4-21(26)19(7-15(2)3)8-17(10-25)12-27-11-16-5-6-18-13-28-14-22(23,24)20(18)9-16/h5-7,9-10,12,25,27-28H,4,8,11,13-14,26H2,1-3H3/b17-12-,21-19-,25-10?. The van der Waals surface area contributed by atoms with Crippen LogP contribution >= 0.6 is 0 Å². The summed E-state index contributed by atoms with van der Waals surface area (Å²) in [5.74, 6) is -2.85. The SMILES string of the molecule is CC/C(N)=C(\C=C(C)C)C/C(C=N)=C/NCc1ccc2c(c1)C(F)(F)CNC2. The fourth-order valence-electron chi connectivity index (χ4n) is 3.17. The number of hydrogen-bond acceptors (Lipinski definition) is 4. The summed E-state index contributed by atoms with van der Waals surface area (Å²) in [5, 5.41) is 13.6. The van der Waals surface area contributed by atoms with Gasteiger partial charge < -0.3 is 21.8 Å². The zero-order chi connectivity index (χ0) is 20.7. The van der Waals surface area contributed by atoms with Crippen LogP contribution in [0.3, 0.4) is 0 Å². The number of nitrogens with one attached hydrogen (secondary N) is 3. The van der Waals surface area contributed by atoms with E-state index in [2.05, 4.69) is 10.6 Å². The molecule has 2 rings (SSSR count). The predicted molar refractivity (Wildman–Crippen MR) is 111 cm³/mol. The fraction of sp³-hybridized carbons (Fsp3) is 0.409. The maximum Gasteiger partial charge on any atom is 0.285 e. The summed E-state index contributed by atoms with van der Waals surface area (Å²) < 4.78 is 28.2. The van der Waals surface area contributed by atoms with Crippen molar-refractivity contribution in [2.75, 3.05) is 6.54 Å². The van der Waals surface area contributed by atoms with Gasteiger partial charge in [0.15, 0.2) is 0 Å². The fourth-order valence-corrected chi connectivity index (χ4v) is 3.17. The Labute approximate surface area is 166 Å². The molecule has 0 saturated carbocycles. The lowest BCUT2D eigenvalue weighted by Crippen LogP contribution is -2.36. The lowest BCUT2D eigenvalue weighted by atomic mass is 9.95. The largest absolute Gasteiger partial charge is 0.402 e. The quantitative estimate of drug-likeness (QED) is 0.392. The molecule has 1 aromatic carbocycles. The molecule has 5 N–H and O–H groups in total. The minimum absolute atomic E-state index is 0.103. The number of alkyl halides is 2. The van der Waals surface area contributed by atoms with E-state index in [0.29, 0.717) is 25.1 Å². The molecule has 4 nitrogen and oxygen atoms in total. The Morgan fingerprint density at radius 1 is 1.36 bits per heavy atom. The Balaban J connectivity index is 2.10. The first-order valence-electron chi connectivity index (χ1n) is 9.53. The highest BCUT2D eigenvalue weighted by Crippen LogP contribution is 2.33. The molecule has 1 heterocycles. The van der Waals surface area contributed by atoms with Crippen molar-refractivity contribution in [1.82, 2.24) is 10.6 Å². The molecule has 0 bridgehead atoms. The number of fused-ring (bicyclic) bond motifs is 1. The van der Waals surface area contributed by atoms with Crippen LogP contribution in [0.5, 0.6) is 0 Å². The lowest BCUT2D eigenvalue weighted by Gasteiger charge is -2.26. The Morgan fingerprint density at radius 3 is 2.75 bits per heavy atom. The van der Waals surface area contributed by atoms with E-state index < -0.39 is 5.92 Å². The van der Waals surface area contributed by atoms with Crippen molar-refractivity contribution in [3.05, 3.63) is 69.6 Å². The number of hydrogen-bond donors (Lipinski definition) is 4. The Kier molecular flexibility index (Phi) is 7.52. The van der Waals surface area contributed by atoms with Crippen molar-refractivity contribution >= 4 is 6.21 Å². The maximum absolute atomic E-state index is 14.1. The van der Waals surface area contributed by atoms with Crippen molar-refractivity contribution in [3.8, 4) is 0 Å². The average Bonchev–Trinajstić information content (AvgIpc) is 2.65. The number of allylic oxidation sites excluding steroid dienone is 5. The normalized spacial score (nSPS) is 16.7. The predicted octanol–water partition coefficient (Wildman–Crippen LogP) is 4.48. The van der Waals surface area contributed by atoms with Crippen molar-refractivity contribution < 1.29 is 8.78 Å². The number of benzene rings is 1. The van der Waals surface area contributed by atoms with Gasteiger partial charge in [0.05, 0.1) is 6.54 Å². The van der Waals surface area contributed by atoms with Crippen molar-refractivity contribution in [1.29, 1.82) is 5.41 Å². The average molecular weight is 389 g/mol. The molecule has 152 valence electrons. The molecule has 0 aromatic heterocycles. The molecule has 1 aliphatic rings. The molecule has 0 saturated heterocycles. The number of halogens is 2. The molecule has 0 atom stereocenters. The highest BCUT2D eigenvalue weighted by molar-refractivity contribution is 5.76. The van der Waals surface area contributed by atoms with Crippen LogP contribution in [0.25, 0.3) is 0 Å². The summed E-state index contributed by atoms with van der Waals surface area (Å²) in [4.78, 5) is 0. The van der Waals surface area contributed by atoms with Crippen LogP contribution in [0.2, 0.25) is 0 Å². The van der Waals surface area contributed by atoms with Crippen molar-refractivity contribution in [2.45, 2.75) is 52.6 Å². The minimum atomic E-state index is -2.85. The number of rotatable bonds is 8. The zero-order valence-corrected chi connectivity index (χ0v) is 16.8. The smallest absolute Gasteiger partial charge is 0.285 e. The topological polar surface area (TPSA) is 73.9 Å². The van der Waals surface area contributed by atoms with Crippen LogP contribution < -0.4 is 16.4 Å². The van der Waals surface area contributed by atoms with Crippen LogP contribution in [0.1, 0.15) is 50.3 Å². The van der Waals surface area contributed by atoms with Gasteiger partial charge in [-0.2, -0.15) is 8.78 Å². The van der Waals surface area contributed by atoms with Crippen LogP contribution in [-0.2, 0) is 19.0 Å². The van der Waals surface area contributed by atoms with E-state index in [1.807, 2.05) is 32.9 Å². The molecule has 0 fully saturated rings. The third-order valence-corrected chi connectivity index (χ3v) is 4.66. The van der Waals surface area contributed by atoms with E-state index in [-0.39, 0.29) is 12.1 Å². The van der Waals surface area contributed by atoms with Gasteiger partial charge in [-0.15, -0.1) is 0 Å². The first kappa shape index (κ1) is 21.8. The Bertz CT molecular complexity index is 803. The monoisotopic (exact) mass is 388 g/mol. The molecule has 0 spiro atoms. The highest BCUT2D eigenvalue weighted by atomic mass is 19.3. The van der Waals surface area contributed by atoms with E-state index >= 15 is 0 Å². The third-order valence-electron chi connectivity index (χ3n) is 4.66. The summed E-state index contributed by atoms with van der Waals surface area (Å²) in [5.41, 5.74) is 11.4. The summed E-state index contributed by atoms with van der Waals surface area (Å²) >= 11 is 0. The highest BCUT2D eigenvalue weighted by Gasteiger charge is 2.36. The van der Waals surface area contributed by atoms with Gasteiger partial charge in [0, 0.05) is 43.2 Å². The zero-order valence-electron chi connectivity index (χ0n) is 16.8. The molecule has 0 unspecified atom stereocenters. The molecular formula is C22H30F2N4. The Hall–Kier alpha value is -2.47. The maximum atomic E-state index is 14.1. The van der Waals surface area contributed by atoms with Gasteiger partial charge in [0.1, 0.15) is 0 Å². The van der Waals surface area contributed by atoms with Crippen molar-refractivity contribution in [3.63, 3.8) is 0 Å². The third kappa shape index (κ3) is 5.76. The van der Waals surface area contributed by atoms with Crippen LogP contribution in [0, 0.1) is 5.41 Å². The van der Waals surface area contributed by atoms with Gasteiger partial charge in [-0.1, -0.05) is 30.7 Å². The molecule has 28 heavy (non-hydrogen) atoms. The van der Waals surface area contributed by atoms with Gasteiger partial charge in [0.2, 0.25) is 0 Å². The number of nitrogens with two attached hydrogens (primary N) is 1. The molecular weight excluding hydrogens is 358 g/mol. The van der Waals surface area contributed by atoms with Crippen LogP contribution in [0.4, 0.5) is 8.78 Å². The van der Waals surface area contributed by atoms with E-state index in [4.69, 9.17) is 11.1 Å². The van der Waals surface area contributed by atoms with Gasteiger partial charge in [-0.3, -0.25) is 0 Å². The summed E-state index contributed by atoms with van der Waals surface area (Å²) in [6, 6.07) is 5.19. The van der Waals surface area contributed by atoms with Gasteiger partial charge in [-0.25, -0.2) is 0 Å². The second kappa shape index (κ2) is 9.64. The van der Waals surface area contributed by atoms with Gasteiger partial charge >= 0.3 is 0 Å². The van der Waals surface area contributed by atoms with Gasteiger partial charge in [-0.05, 0) is 48.6 Å². The molecule has 0 radical (unpaired) electrons. The van der Waals surface area contributed by atoms with Crippen LogP contribution in [0.15, 0.2) is 52.9 Å². The summed E-state index contributed by atoms with van der Waals surface area (Å²) in [6.07, 6.45) is 6.39. The lowest BCUT2D eigenvalue weighted by molar-refractivity contribution is -0.0108. The van der Waals surface area contributed by atoms with E-state index in [1.165, 1.54) is 6.21 Å². The molecule has 1 aliphatic heterocycles. The molecule has 0 aliphatic carbocycles. The van der Waals surface area contributed by atoms with Gasteiger partial charge in [0.25, 0.3) is 5.92 Å².